The van der Waals surface area contributed by atoms with Crippen molar-refractivity contribution in [2.45, 2.75) is 0 Å². The number of nitrogen functional groups attached to an aromatic ring is 1. The quantitative estimate of drug-likeness (QED) is 0.850. The molecule has 2 aromatic rings. The minimum atomic E-state index is 0.243. The van der Waals surface area contributed by atoms with E-state index >= 15 is 0 Å². The second-order valence-electron chi connectivity index (χ2n) is 3.47. The lowest BCUT2D eigenvalue weighted by Gasteiger charge is -2.05. The van der Waals surface area contributed by atoms with Crippen LogP contribution < -0.4 is 10.5 Å². The minimum Gasteiger partial charge on any atom is -0.497 e. The first kappa shape index (κ1) is 11.0. The van der Waals surface area contributed by atoms with Crippen molar-refractivity contribution in [3.63, 3.8) is 0 Å². The van der Waals surface area contributed by atoms with Gasteiger partial charge < -0.3 is 10.5 Å². The molecule has 0 aliphatic rings. The third-order valence-corrected chi connectivity index (χ3v) is 2.41. The van der Waals surface area contributed by atoms with Gasteiger partial charge in [0.1, 0.15) is 17.6 Å². The average Bonchev–Trinajstić information content (AvgIpc) is 2.38. The molecule has 1 heterocycles. The molecule has 0 aliphatic carbocycles. The molecule has 2 rings (SSSR count). The number of aromatic nitrogens is 1. The smallest absolute Gasteiger partial charge is 0.142 e. The average molecular weight is 225 g/mol. The Kier molecular flexibility index (Phi) is 2.93. The second kappa shape index (κ2) is 4.54. The monoisotopic (exact) mass is 225 g/mol. The molecule has 0 bridgehead atoms. The Morgan fingerprint density at radius 3 is 2.76 bits per heavy atom. The third kappa shape index (κ3) is 2.18. The van der Waals surface area contributed by atoms with Crippen LogP contribution in [0, 0.1) is 11.3 Å². The maximum absolute atomic E-state index is 8.77. The van der Waals surface area contributed by atoms with Crippen LogP contribution in [0.1, 0.15) is 5.56 Å². The molecule has 84 valence electrons. The number of nitriles is 1. The first-order chi connectivity index (χ1) is 8.24. The SMILES string of the molecule is COc1cccc(-c2ccc(C#N)c(N)n2)c1. The Morgan fingerprint density at radius 1 is 1.29 bits per heavy atom. The molecule has 0 amide bonds. The molecule has 4 heteroatoms. The zero-order valence-electron chi connectivity index (χ0n) is 9.34. The van der Waals surface area contributed by atoms with Gasteiger partial charge in [0.25, 0.3) is 0 Å². The first-order valence-corrected chi connectivity index (χ1v) is 5.05. The first-order valence-electron chi connectivity index (χ1n) is 5.05. The predicted molar refractivity (Wildman–Crippen MR) is 65.4 cm³/mol. The van der Waals surface area contributed by atoms with Crippen molar-refractivity contribution in [1.82, 2.24) is 4.98 Å². The normalized spacial score (nSPS) is 9.65. The Morgan fingerprint density at radius 2 is 2.12 bits per heavy atom. The molecule has 1 aromatic heterocycles. The van der Waals surface area contributed by atoms with Crippen molar-refractivity contribution in [3.05, 3.63) is 42.0 Å². The highest BCUT2D eigenvalue weighted by Crippen LogP contribution is 2.23. The number of benzene rings is 1. The molecule has 2 N–H and O–H groups in total. The summed E-state index contributed by atoms with van der Waals surface area (Å²) in [6, 6.07) is 12.9. The highest BCUT2D eigenvalue weighted by atomic mass is 16.5. The van der Waals surface area contributed by atoms with Crippen molar-refractivity contribution >= 4 is 5.82 Å². The molecule has 1 aromatic carbocycles. The molecular weight excluding hydrogens is 214 g/mol. The number of anilines is 1. The Labute approximate surface area is 99.3 Å². The number of pyridine rings is 1. The van der Waals surface area contributed by atoms with Crippen LogP contribution in [0.25, 0.3) is 11.3 Å². The van der Waals surface area contributed by atoms with Crippen molar-refractivity contribution < 1.29 is 4.74 Å². The highest BCUT2D eigenvalue weighted by Gasteiger charge is 2.04. The van der Waals surface area contributed by atoms with Gasteiger partial charge in [0.05, 0.1) is 18.4 Å². The van der Waals surface area contributed by atoms with E-state index in [2.05, 4.69) is 4.98 Å². The van der Waals surface area contributed by atoms with Crippen LogP contribution in [0.5, 0.6) is 5.75 Å². The van der Waals surface area contributed by atoms with Gasteiger partial charge in [-0.2, -0.15) is 5.26 Å². The van der Waals surface area contributed by atoms with Gasteiger partial charge in [-0.1, -0.05) is 12.1 Å². The third-order valence-electron chi connectivity index (χ3n) is 2.41. The highest BCUT2D eigenvalue weighted by molar-refractivity contribution is 5.65. The number of ether oxygens (including phenoxy) is 1. The van der Waals surface area contributed by atoms with Gasteiger partial charge in [0, 0.05) is 5.56 Å². The molecule has 0 unspecified atom stereocenters. The molecule has 0 atom stereocenters. The van der Waals surface area contributed by atoms with Gasteiger partial charge in [0.15, 0.2) is 0 Å². The Hall–Kier alpha value is -2.54. The second-order valence-corrected chi connectivity index (χ2v) is 3.47. The molecule has 0 spiro atoms. The number of methoxy groups -OCH3 is 1. The van der Waals surface area contributed by atoms with Gasteiger partial charge in [-0.05, 0) is 24.3 Å². The predicted octanol–water partition coefficient (Wildman–Crippen LogP) is 2.21. The van der Waals surface area contributed by atoms with Crippen molar-refractivity contribution in [2.24, 2.45) is 0 Å². The van der Waals surface area contributed by atoms with Gasteiger partial charge in [-0.25, -0.2) is 4.98 Å². The van der Waals surface area contributed by atoms with Crippen molar-refractivity contribution in [3.8, 4) is 23.1 Å². The van der Waals surface area contributed by atoms with Gasteiger partial charge in [0.2, 0.25) is 0 Å². The molecule has 0 saturated carbocycles. The summed E-state index contributed by atoms with van der Waals surface area (Å²) >= 11 is 0. The fraction of sp³-hybridized carbons (Fsp3) is 0.0769. The maximum Gasteiger partial charge on any atom is 0.142 e. The van der Waals surface area contributed by atoms with Crippen LogP contribution in [0.4, 0.5) is 5.82 Å². The van der Waals surface area contributed by atoms with Crippen LogP contribution in [0.3, 0.4) is 0 Å². The van der Waals surface area contributed by atoms with Crippen molar-refractivity contribution in [2.75, 3.05) is 12.8 Å². The van der Waals surface area contributed by atoms with Gasteiger partial charge in [-0.15, -0.1) is 0 Å². The summed E-state index contributed by atoms with van der Waals surface area (Å²) in [6.07, 6.45) is 0. The van der Waals surface area contributed by atoms with E-state index in [9.17, 15) is 0 Å². The summed E-state index contributed by atoms with van der Waals surface area (Å²) in [7, 11) is 1.61. The lowest BCUT2D eigenvalue weighted by Crippen LogP contribution is -1.96. The standard InChI is InChI=1S/C13H11N3O/c1-17-11-4-2-3-9(7-11)12-6-5-10(8-14)13(15)16-12/h2-7H,1H3,(H2,15,16). The number of hydrogen-bond donors (Lipinski definition) is 1. The van der Waals surface area contributed by atoms with E-state index in [0.29, 0.717) is 5.56 Å². The summed E-state index contributed by atoms with van der Waals surface area (Å²) in [4.78, 5) is 4.19. The van der Waals surface area contributed by atoms with E-state index in [1.807, 2.05) is 30.3 Å². The lowest BCUT2D eigenvalue weighted by atomic mass is 10.1. The Bertz CT molecular complexity index is 587. The zero-order valence-corrected chi connectivity index (χ0v) is 9.34. The van der Waals surface area contributed by atoms with E-state index in [0.717, 1.165) is 17.0 Å². The summed E-state index contributed by atoms with van der Waals surface area (Å²) in [5.74, 6) is 1.00. The van der Waals surface area contributed by atoms with E-state index in [4.69, 9.17) is 15.7 Å². The number of hydrogen-bond acceptors (Lipinski definition) is 4. The number of rotatable bonds is 2. The summed E-state index contributed by atoms with van der Waals surface area (Å²) < 4.78 is 5.14. The van der Waals surface area contributed by atoms with Crippen LogP contribution in [-0.2, 0) is 0 Å². The fourth-order valence-corrected chi connectivity index (χ4v) is 1.51. The lowest BCUT2D eigenvalue weighted by molar-refractivity contribution is 0.415. The van der Waals surface area contributed by atoms with Crippen LogP contribution in [0.15, 0.2) is 36.4 Å². The van der Waals surface area contributed by atoms with Crippen LogP contribution in [0.2, 0.25) is 0 Å². The molecule has 17 heavy (non-hydrogen) atoms. The van der Waals surface area contributed by atoms with Gasteiger partial charge in [-0.3, -0.25) is 0 Å². The number of nitrogens with two attached hydrogens (primary N) is 1. The van der Waals surface area contributed by atoms with Crippen molar-refractivity contribution in [1.29, 1.82) is 5.26 Å². The molecule has 0 fully saturated rings. The maximum atomic E-state index is 8.77. The Balaban J connectivity index is 2.46. The number of nitrogens with zero attached hydrogens (tertiary/aromatic N) is 2. The molecule has 4 nitrogen and oxygen atoms in total. The minimum absolute atomic E-state index is 0.243. The molecule has 0 aliphatic heterocycles. The van der Waals surface area contributed by atoms with Crippen LogP contribution in [-0.4, -0.2) is 12.1 Å². The summed E-state index contributed by atoms with van der Waals surface area (Å²) in [5, 5.41) is 8.77. The largest absolute Gasteiger partial charge is 0.497 e. The van der Waals surface area contributed by atoms with E-state index in [1.165, 1.54) is 0 Å². The van der Waals surface area contributed by atoms with E-state index in [1.54, 1.807) is 19.2 Å². The zero-order chi connectivity index (χ0) is 12.3. The topological polar surface area (TPSA) is 71.9 Å². The summed E-state index contributed by atoms with van der Waals surface area (Å²) in [5.41, 5.74) is 7.69. The van der Waals surface area contributed by atoms with Gasteiger partial charge >= 0.3 is 0 Å². The fourth-order valence-electron chi connectivity index (χ4n) is 1.51. The van der Waals surface area contributed by atoms with Crippen LogP contribution >= 0.6 is 0 Å². The summed E-state index contributed by atoms with van der Waals surface area (Å²) in [6.45, 7) is 0. The molecule has 0 radical (unpaired) electrons. The molecular formula is C13H11N3O. The molecule has 0 saturated heterocycles. The van der Waals surface area contributed by atoms with E-state index < -0.39 is 0 Å². The van der Waals surface area contributed by atoms with E-state index in [-0.39, 0.29) is 5.82 Å².